The van der Waals surface area contributed by atoms with E-state index < -0.39 is 11.8 Å². The maximum absolute atomic E-state index is 13.7. The van der Waals surface area contributed by atoms with Crippen LogP contribution in [0.15, 0.2) is 24.4 Å². The molecule has 0 aliphatic carbocycles. The number of benzene rings is 1. The van der Waals surface area contributed by atoms with Gasteiger partial charge in [-0.05, 0) is 18.2 Å². The molecule has 0 fully saturated rings. The highest BCUT2D eigenvalue weighted by molar-refractivity contribution is 5.94. The molecule has 1 aromatic carbocycles. The van der Waals surface area contributed by atoms with E-state index in [1.54, 1.807) is 4.68 Å². The molecule has 0 atom stereocenters. The van der Waals surface area contributed by atoms with Gasteiger partial charge in [-0.3, -0.25) is 4.68 Å². The molecule has 0 saturated carbocycles. The van der Waals surface area contributed by atoms with Crippen LogP contribution in [-0.4, -0.2) is 27.4 Å². The summed E-state index contributed by atoms with van der Waals surface area (Å²) in [5.74, 6) is -1.76. The van der Waals surface area contributed by atoms with Gasteiger partial charge < -0.3 is 16.2 Å². The SMILES string of the molecule is Cn1ccc(CCNc2cc(C(=O)O)c(N)cc2F)n1. The first-order chi connectivity index (χ1) is 9.47. The van der Waals surface area contributed by atoms with E-state index in [9.17, 15) is 9.18 Å². The lowest BCUT2D eigenvalue weighted by molar-refractivity contribution is 0.0698. The van der Waals surface area contributed by atoms with E-state index in [0.29, 0.717) is 13.0 Å². The number of halogens is 1. The number of anilines is 2. The number of nitrogens with zero attached hydrogens (tertiary/aromatic N) is 2. The van der Waals surface area contributed by atoms with Crippen LogP contribution in [0.4, 0.5) is 15.8 Å². The quantitative estimate of drug-likeness (QED) is 0.721. The summed E-state index contributed by atoms with van der Waals surface area (Å²) in [6, 6.07) is 4.07. The van der Waals surface area contributed by atoms with E-state index in [-0.39, 0.29) is 16.9 Å². The van der Waals surface area contributed by atoms with Gasteiger partial charge in [0.25, 0.3) is 0 Å². The standard InChI is InChI=1S/C13H15FN4O2/c1-18-5-3-8(17-18)2-4-16-12-6-9(13(19)20)11(15)7-10(12)14/h3,5-7,16H,2,4,15H2,1H3,(H,19,20). The van der Waals surface area contributed by atoms with Crippen LogP contribution < -0.4 is 11.1 Å². The number of rotatable bonds is 5. The minimum atomic E-state index is -1.18. The van der Waals surface area contributed by atoms with Gasteiger partial charge >= 0.3 is 5.97 Å². The molecule has 0 bridgehead atoms. The predicted octanol–water partition coefficient (Wildman–Crippen LogP) is 1.49. The molecule has 2 rings (SSSR count). The number of hydrogen-bond acceptors (Lipinski definition) is 4. The van der Waals surface area contributed by atoms with E-state index in [4.69, 9.17) is 10.8 Å². The highest BCUT2D eigenvalue weighted by Crippen LogP contribution is 2.22. The number of aromatic carboxylic acids is 1. The summed E-state index contributed by atoms with van der Waals surface area (Å²) in [6.07, 6.45) is 2.43. The summed E-state index contributed by atoms with van der Waals surface area (Å²) in [5, 5.41) is 16.0. The molecule has 0 amide bonds. The molecule has 0 spiro atoms. The van der Waals surface area contributed by atoms with Crippen LogP contribution in [0.25, 0.3) is 0 Å². The number of hydrogen-bond donors (Lipinski definition) is 3. The lowest BCUT2D eigenvalue weighted by atomic mass is 10.1. The van der Waals surface area contributed by atoms with Crippen LogP contribution in [0.2, 0.25) is 0 Å². The molecule has 7 heteroatoms. The monoisotopic (exact) mass is 278 g/mol. The Morgan fingerprint density at radius 1 is 1.55 bits per heavy atom. The Morgan fingerprint density at radius 3 is 2.90 bits per heavy atom. The van der Waals surface area contributed by atoms with Gasteiger partial charge in [0, 0.05) is 31.9 Å². The Morgan fingerprint density at radius 2 is 2.30 bits per heavy atom. The van der Waals surface area contributed by atoms with Gasteiger partial charge in [-0.2, -0.15) is 5.10 Å². The van der Waals surface area contributed by atoms with Crippen molar-refractivity contribution in [3.63, 3.8) is 0 Å². The molecule has 2 aromatic rings. The predicted molar refractivity (Wildman–Crippen MR) is 73.2 cm³/mol. The average Bonchev–Trinajstić information content (AvgIpc) is 2.77. The third-order valence-corrected chi connectivity index (χ3v) is 2.84. The fraction of sp³-hybridized carbons (Fsp3) is 0.231. The number of nitrogens with one attached hydrogen (secondary N) is 1. The first-order valence-electron chi connectivity index (χ1n) is 6.02. The zero-order chi connectivity index (χ0) is 14.7. The van der Waals surface area contributed by atoms with Crippen LogP contribution >= 0.6 is 0 Å². The minimum Gasteiger partial charge on any atom is -0.478 e. The number of carbonyl (C=O) groups is 1. The first-order valence-corrected chi connectivity index (χ1v) is 6.02. The van der Waals surface area contributed by atoms with Crippen LogP contribution in [0.5, 0.6) is 0 Å². The summed E-state index contributed by atoms with van der Waals surface area (Å²) in [5.41, 5.74) is 6.23. The number of carboxylic acids is 1. The van der Waals surface area contributed by atoms with Crippen molar-refractivity contribution in [2.75, 3.05) is 17.6 Å². The Kier molecular flexibility index (Phi) is 3.88. The summed E-state index contributed by atoms with van der Waals surface area (Å²) in [7, 11) is 1.82. The molecule has 0 radical (unpaired) electrons. The second-order valence-electron chi connectivity index (χ2n) is 4.38. The first kappa shape index (κ1) is 13.9. The normalized spacial score (nSPS) is 10.5. The van der Waals surface area contributed by atoms with E-state index in [0.717, 1.165) is 11.8 Å². The fourth-order valence-corrected chi connectivity index (χ4v) is 1.83. The third kappa shape index (κ3) is 3.05. The average molecular weight is 278 g/mol. The highest BCUT2D eigenvalue weighted by atomic mass is 19.1. The Balaban J connectivity index is 2.05. The molecule has 0 aliphatic rings. The second-order valence-corrected chi connectivity index (χ2v) is 4.38. The van der Waals surface area contributed by atoms with Crippen LogP contribution in [0.3, 0.4) is 0 Å². The molecule has 20 heavy (non-hydrogen) atoms. The highest BCUT2D eigenvalue weighted by Gasteiger charge is 2.13. The molecular formula is C13H15FN4O2. The van der Waals surface area contributed by atoms with Gasteiger partial charge in [0.15, 0.2) is 0 Å². The maximum atomic E-state index is 13.7. The Hall–Kier alpha value is -2.57. The van der Waals surface area contributed by atoms with Crippen molar-refractivity contribution in [3.8, 4) is 0 Å². The maximum Gasteiger partial charge on any atom is 0.337 e. The van der Waals surface area contributed by atoms with Gasteiger partial charge in [0.1, 0.15) is 5.82 Å². The molecule has 0 saturated heterocycles. The van der Waals surface area contributed by atoms with Gasteiger partial charge in [-0.1, -0.05) is 0 Å². The van der Waals surface area contributed by atoms with Crippen LogP contribution in [0, 0.1) is 5.82 Å². The van der Waals surface area contributed by atoms with Crippen molar-refractivity contribution in [1.29, 1.82) is 0 Å². The summed E-state index contributed by atoms with van der Waals surface area (Å²) in [6.45, 7) is 0.441. The van der Waals surface area contributed by atoms with E-state index in [1.807, 2.05) is 19.3 Å². The van der Waals surface area contributed by atoms with Crippen molar-refractivity contribution < 1.29 is 14.3 Å². The number of nitrogens with two attached hydrogens (primary N) is 1. The molecular weight excluding hydrogens is 263 g/mol. The van der Waals surface area contributed by atoms with Gasteiger partial charge in [-0.25, -0.2) is 9.18 Å². The Bertz CT molecular complexity index is 639. The third-order valence-electron chi connectivity index (χ3n) is 2.84. The zero-order valence-electron chi connectivity index (χ0n) is 10.9. The molecule has 106 valence electrons. The van der Waals surface area contributed by atoms with Gasteiger partial charge in [0.05, 0.1) is 16.9 Å². The summed E-state index contributed by atoms with van der Waals surface area (Å²) < 4.78 is 15.4. The second kappa shape index (κ2) is 5.60. The molecule has 4 N–H and O–H groups in total. The summed E-state index contributed by atoms with van der Waals surface area (Å²) >= 11 is 0. The smallest absolute Gasteiger partial charge is 0.337 e. The van der Waals surface area contributed by atoms with Crippen LogP contribution in [-0.2, 0) is 13.5 Å². The van der Waals surface area contributed by atoms with Crippen molar-refractivity contribution in [3.05, 3.63) is 41.5 Å². The largest absolute Gasteiger partial charge is 0.478 e. The molecule has 6 nitrogen and oxygen atoms in total. The van der Waals surface area contributed by atoms with E-state index >= 15 is 0 Å². The van der Waals surface area contributed by atoms with Gasteiger partial charge in [0.2, 0.25) is 0 Å². The van der Waals surface area contributed by atoms with Crippen molar-refractivity contribution >= 4 is 17.3 Å². The summed E-state index contributed by atoms with van der Waals surface area (Å²) in [4.78, 5) is 10.9. The fourth-order valence-electron chi connectivity index (χ4n) is 1.83. The van der Waals surface area contributed by atoms with Crippen LogP contribution in [0.1, 0.15) is 16.1 Å². The van der Waals surface area contributed by atoms with Gasteiger partial charge in [-0.15, -0.1) is 0 Å². The number of nitrogen functional groups attached to an aromatic ring is 1. The molecule has 1 heterocycles. The lowest BCUT2D eigenvalue weighted by Crippen LogP contribution is -2.10. The number of carboxylic acid groups (broad SMARTS) is 1. The van der Waals surface area contributed by atoms with Crippen molar-refractivity contribution in [1.82, 2.24) is 9.78 Å². The molecule has 0 aliphatic heterocycles. The van der Waals surface area contributed by atoms with Crippen molar-refractivity contribution in [2.45, 2.75) is 6.42 Å². The number of aromatic nitrogens is 2. The minimum absolute atomic E-state index is 0.0923. The zero-order valence-corrected chi connectivity index (χ0v) is 10.9. The molecule has 0 unspecified atom stereocenters. The molecule has 1 aromatic heterocycles. The topological polar surface area (TPSA) is 93.2 Å². The van der Waals surface area contributed by atoms with E-state index in [1.165, 1.54) is 6.07 Å². The van der Waals surface area contributed by atoms with Crippen molar-refractivity contribution in [2.24, 2.45) is 7.05 Å². The Labute approximate surface area is 115 Å². The lowest BCUT2D eigenvalue weighted by Gasteiger charge is -2.09. The number of aryl methyl sites for hydroxylation is 1. The van der Waals surface area contributed by atoms with E-state index in [2.05, 4.69) is 10.4 Å².